The van der Waals surface area contributed by atoms with Crippen LogP contribution < -0.4 is 4.74 Å². The highest BCUT2D eigenvalue weighted by Crippen LogP contribution is 2.25. The summed E-state index contributed by atoms with van der Waals surface area (Å²) in [6.07, 6.45) is 5.04. The molecule has 2 heterocycles. The average molecular weight is 344 g/mol. The molecule has 2 aromatic rings. The van der Waals surface area contributed by atoms with E-state index in [2.05, 4.69) is 16.8 Å². The standard InChI is InChI=1S/C19H28N4O2/c1-4-22-10-8-16(9-11-22)21(2)19(24)23-13-18(20-14-23)15-6-5-7-17(12-15)25-3/h5-7,12-14,16,19,24H,4,8-11H2,1-3H3. The number of piperidine rings is 1. The molecule has 0 aliphatic carbocycles. The molecular weight excluding hydrogens is 316 g/mol. The number of aromatic nitrogens is 2. The summed E-state index contributed by atoms with van der Waals surface area (Å²) in [5, 5.41) is 10.7. The Kier molecular flexibility index (Phi) is 5.73. The predicted molar refractivity (Wildman–Crippen MR) is 98.4 cm³/mol. The van der Waals surface area contributed by atoms with Crippen LogP contribution in [0.15, 0.2) is 36.8 Å². The summed E-state index contributed by atoms with van der Waals surface area (Å²) < 4.78 is 7.03. The zero-order chi connectivity index (χ0) is 17.8. The average Bonchev–Trinajstić information content (AvgIpc) is 3.17. The van der Waals surface area contributed by atoms with Gasteiger partial charge in [-0.2, -0.15) is 0 Å². The summed E-state index contributed by atoms with van der Waals surface area (Å²) in [6, 6.07) is 8.18. The Balaban J connectivity index is 1.68. The number of hydrogen-bond donors (Lipinski definition) is 1. The third kappa shape index (κ3) is 4.03. The summed E-state index contributed by atoms with van der Waals surface area (Å²) in [5.41, 5.74) is 1.80. The van der Waals surface area contributed by atoms with Crippen LogP contribution in [0.4, 0.5) is 0 Å². The second-order valence-corrected chi connectivity index (χ2v) is 6.62. The molecule has 1 aliphatic heterocycles. The zero-order valence-electron chi connectivity index (χ0n) is 15.3. The number of nitrogens with zero attached hydrogens (tertiary/aromatic N) is 4. The van der Waals surface area contributed by atoms with Crippen molar-refractivity contribution in [2.24, 2.45) is 0 Å². The summed E-state index contributed by atoms with van der Waals surface area (Å²) >= 11 is 0. The fraction of sp³-hybridized carbons (Fsp3) is 0.526. The van der Waals surface area contributed by atoms with E-state index in [9.17, 15) is 5.11 Å². The molecule has 1 saturated heterocycles. The molecule has 136 valence electrons. The van der Waals surface area contributed by atoms with Crippen LogP contribution in [0, 0.1) is 0 Å². The number of hydrogen-bond acceptors (Lipinski definition) is 5. The van der Waals surface area contributed by atoms with Crippen molar-refractivity contribution < 1.29 is 9.84 Å². The first kappa shape index (κ1) is 17.9. The minimum absolute atomic E-state index is 0.389. The molecule has 1 fully saturated rings. The van der Waals surface area contributed by atoms with Crippen molar-refractivity contribution >= 4 is 0 Å². The van der Waals surface area contributed by atoms with Gasteiger partial charge in [-0.1, -0.05) is 19.1 Å². The Morgan fingerprint density at radius 2 is 2.12 bits per heavy atom. The molecule has 0 spiro atoms. The molecule has 1 aliphatic rings. The highest BCUT2D eigenvalue weighted by atomic mass is 16.5. The second kappa shape index (κ2) is 7.99. The second-order valence-electron chi connectivity index (χ2n) is 6.62. The van der Waals surface area contributed by atoms with Crippen LogP contribution in [0.3, 0.4) is 0 Å². The molecule has 0 bridgehead atoms. The van der Waals surface area contributed by atoms with Crippen LogP contribution in [0.2, 0.25) is 0 Å². The number of aliphatic hydroxyl groups excluding tert-OH is 1. The van der Waals surface area contributed by atoms with Crippen molar-refractivity contribution in [3.8, 4) is 17.0 Å². The van der Waals surface area contributed by atoms with E-state index >= 15 is 0 Å². The van der Waals surface area contributed by atoms with Crippen molar-refractivity contribution in [3.05, 3.63) is 36.8 Å². The van der Waals surface area contributed by atoms with E-state index in [0.717, 1.165) is 49.5 Å². The number of likely N-dealkylation sites (tertiary alicyclic amines) is 1. The third-order valence-electron chi connectivity index (χ3n) is 5.18. The van der Waals surface area contributed by atoms with Crippen LogP contribution in [0.25, 0.3) is 11.3 Å². The third-order valence-corrected chi connectivity index (χ3v) is 5.18. The van der Waals surface area contributed by atoms with Gasteiger partial charge in [-0.05, 0) is 51.7 Å². The largest absolute Gasteiger partial charge is 0.497 e. The van der Waals surface area contributed by atoms with Gasteiger partial charge < -0.3 is 14.7 Å². The molecule has 25 heavy (non-hydrogen) atoms. The van der Waals surface area contributed by atoms with Crippen LogP contribution in [-0.4, -0.2) is 64.3 Å². The van der Waals surface area contributed by atoms with E-state index in [-0.39, 0.29) is 0 Å². The minimum atomic E-state index is -0.704. The number of imidazole rings is 1. The normalized spacial score (nSPS) is 17.8. The molecule has 6 heteroatoms. The van der Waals surface area contributed by atoms with Gasteiger partial charge in [0.2, 0.25) is 0 Å². The van der Waals surface area contributed by atoms with Gasteiger partial charge in [0.05, 0.1) is 19.1 Å². The monoisotopic (exact) mass is 344 g/mol. The molecular formula is C19H28N4O2. The lowest BCUT2D eigenvalue weighted by Crippen LogP contribution is -2.45. The van der Waals surface area contributed by atoms with Crippen molar-refractivity contribution in [3.63, 3.8) is 0 Å². The number of rotatable bonds is 6. The Morgan fingerprint density at radius 3 is 2.80 bits per heavy atom. The maximum absolute atomic E-state index is 10.7. The van der Waals surface area contributed by atoms with Crippen molar-refractivity contribution in [2.45, 2.75) is 32.2 Å². The zero-order valence-corrected chi connectivity index (χ0v) is 15.3. The molecule has 0 radical (unpaired) electrons. The Hall–Kier alpha value is -1.89. The van der Waals surface area contributed by atoms with E-state index in [4.69, 9.17) is 4.74 Å². The fourth-order valence-electron chi connectivity index (χ4n) is 3.44. The van der Waals surface area contributed by atoms with Gasteiger partial charge >= 0.3 is 0 Å². The molecule has 1 atom stereocenters. The SMILES string of the molecule is CCN1CCC(N(C)C(O)n2cnc(-c3cccc(OC)c3)c2)CC1. The maximum Gasteiger partial charge on any atom is 0.191 e. The van der Waals surface area contributed by atoms with E-state index < -0.39 is 6.35 Å². The van der Waals surface area contributed by atoms with Gasteiger partial charge in [0.1, 0.15) is 5.75 Å². The first-order valence-corrected chi connectivity index (χ1v) is 8.92. The predicted octanol–water partition coefficient (Wildman–Crippen LogP) is 2.42. The number of benzene rings is 1. The summed E-state index contributed by atoms with van der Waals surface area (Å²) in [7, 11) is 3.64. The Labute approximate surface area is 149 Å². The first-order chi connectivity index (χ1) is 12.1. The minimum Gasteiger partial charge on any atom is -0.497 e. The summed E-state index contributed by atoms with van der Waals surface area (Å²) in [5.74, 6) is 0.799. The van der Waals surface area contributed by atoms with Crippen LogP contribution >= 0.6 is 0 Å². The number of methoxy groups -OCH3 is 1. The van der Waals surface area contributed by atoms with E-state index in [1.807, 2.05) is 42.4 Å². The highest BCUT2D eigenvalue weighted by molar-refractivity contribution is 5.60. The smallest absolute Gasteiger partial charge is 0.191 e. The number of ether oxygens (including phenoxy) is 1. The Bertz CT molecular complexity index is 680. The lowest BCUT2D eigenvalue weighted by Gasteiger charge is -2.38. The van der Waals surface area contributed by atoms with Crippen LogP contribution in [-0.2, 0) is 0 Å². The van der Waals surface area contributed by atoms with Gasteiger partial charge in [-0.15, -0.1) is 0 Å². The van der Waals surface area contributed by atoms with Crippen LogP contribution in [0.5, 0.6) is 5.75 Å². The van der Waals surface area contributed by atoms with Gasteiger partial charge in [-0.3, -0.25) is 9.47 Å². The van der Waals surface area contributed by atoms with E-state index in [1.165, 1.54) is 0 Å². The molecule has 1 aromatic heterocycles. The van der Waals surface area contributed by atoms with Gasteiger partial charge in [0.25, 0.3) is 0 Å². The van der Waals surface area contributed by atoms with E-state index in [0.29, 0.717) is 6.04 Å². The number of aliphatic hydroxyl groups is 1. The molecule has 6 nitrogen and oxygen atoms in total. The summed E-state index contributed by atoms with van der Waals surface area (Å²) in [6.45, 7) is 5.49. The molecule has 1 unspecified atom stereocenters. The van der Waals surface area contributed by atoms with Crippen molar-refractivity contribution in [2.75, 3.05) is 33.8 Å². The highest BCUT2D eigenvalue weighted by Gasteiger charge is 2.26. The van der Waals surface area contributed by atoms with Gasteiger partial charge in [0, 0.05) is 17.8 Å². The van der Waals surface area contributed by atoms with Crippen molar-refractivity contribution in [1.29, 1.82) is 0 Å². The van der Waals surface area contributed by atoms with E-state index in [1.54, 1.807) is 18.0 Å². The maximum atomic E-state index is 10.7. The molecule has 1 aromatic carbocycles. The van der Waals surface area contributed by atoms with Crippen molar-refractivity contribution in [1.82, 2.24) is 19.4 Å². The topological polar surface area (TPSA) is 53.8 Å². The quantitative estimate of drug-likeness (QED) is 0.816. The summed E-state index contributed by atoms with van der Waals surface area (Å²) in [4.78, 5) is 8.95. The van der Waals surface area contributed by atoms with Gasteiger partial charge in [-0.25, -0.2) is 4.98 Å². The molecule has 0 saturated carbocycles. The van der Waals surface area contributed by atoms with Gasteiger partial charge in [0.15, 0.2) is 6.35 Å². The molecule has 3 rings (SSSR count). The lowest BCUT2D eigenvalue weighted by molar-refractivity contribution is -0.0738. The molecule has 0 amide bonds. The lowest BCUT2D eigenvalue weighted by atomic mass is 10.0. The molecule has 1 N–H and O–H groups in total. The Morgan fingerprint density at radius 1 is 1.36 bits per heavy atom. The first-order valence-electron chi connectivity index (χ1n) is 8.92. The van der Waals surface area contributed by atoms with Crippen LogP contribution in [0.1, 0.15) is 26.1 Å². The fourth-order valence-corrected chi connectivity index (χ4v) is 3.44.